The molecule has 0 aliphatic carbocycles. The fourth-order valence-electron chi connectivity index (χ4n) is 6.97. The molecule has 7 aromatic carbocycles. The van der Waals surface area contributed by atoms with Crippen LogP contribution in [0.2, 0.25) is 0 Å². The molecule has 0 unspecified atom stereocenters. The average molecular weight is 575 g/mol. The fraction of sp³-hybridized carbons (Fsp3) is 0. The van der Waals surface area contributed by atoms with Gasteiger partial charge in [-0.1, -0.05) is 140 Å². The summed E-state index contributed by atoms with van der Waals surface area (Å²) in [5.41, 5.74) is 10.7. The zero-order valence-corrected chi connectivity index (χ0v) is 24.3. The Hall–Kier alpha value is -6.06. The van der Waals surface area contributed by atoms with Gasteiger partial charge in [0.25, 0.3) is 5.56 Å². The van der Waals surface area contributed by atoms with Gasteiger partial charge in [-0.3, -0.25) is 9.20 Å². The SMILES string of the molecule is O=c1c2cccc3c(-c4ccccc4)ccc(c32)c2nc3c(-c4ccccc4)cc(-c4ccccc4)c(-c4ccccc4)c3n12. The number of fused-ring (bicyclic) bond motifs is 4. The topological polar surface area (TPSA) is 34.4 Å². The van der Waals surface area contributed by atoms with Gasteiger partial charge < -0.3 is 0 Å². The van der Waals surface area contributed by atoms with E-state index in [9.17, 15) is 4.79 Å². The van der Waals surface area contributed by atoms with E-state index in [1.54, 1.807) is 0 Å². The number of hydrogen-bond donors (Lipinski definition) is 0. The number of pyridine rings is 1. The molecule has 0 aliphatic heterocycles. The monoisotopic (exact) mass is 574 g/mol. The van der Waals surface area contributed by atoms with Gasteiger partial charge in [0.15, 0.2) is 0 Å². The second kappa shape index (κ2) is 10.0. The van der Waals surface area contributed by atoms with Crippen molar-refractivity contribution in [3.05, 3.63) is 168 Å². The molecule has 45 heavy (non-hydrogen) atoms. The van der Waals surface area contributed by atoms with Crippen LogP contribution >= 0.6 is 0 Å². The summed E-state index contributed by atoms with van der Waals surface area (Å²) in [6, 6.07) is 54.2. The Morgan fingerprint density at radius 1 is 0.444 bits per heavy atom. The first-order valence-corrected chi connectivity index (χ1v) is 15.2. The third-order valence-corrected chi connectivity index (χ3v) is 8.96. The van der Waals surface area contributed by atoms with Crippen molar-refractivity contribution in [2.75, 3.05) is 0 Å². The van der Waals surface area contributed by atoms with E-state index in [0.717, 1.165) is 71.7 Å². The van der Waals surface area contributed by atoms with Crippen molar-refractivity contribution in [1.82, 2.24) is 9.38 Å². The molecular formula is C42H26N2O. The molecule has 0 saturated carbocycles. The van der Waals surface area contributed by atoms with Crippen LogP contribution in [-0.2, 0) is 0 Å². The summed E-state index contributed by atoms with van der Waals surface area (Å²) in [6.45, 7) is 0. The minimum Gasteiger partial charge on any atom is -0.268 e. The molecule has 0 N–H and O–H groups in total. The van der Waals surface area contributed by atoms with Crippen LogP contribution in [0.1, 0.15) is 0 Å². The first-order valence-electron chi connectivity index (χ1n) is 15.2. The Morgan fingerprint density at radius 3 is 1.60 bits per heavy atom. The van der Waals surface area contributed by atoms with Crippen LogP contribution in [0.4, 0.5) is 0 Å². The van der Waals surface area contributed by atoms with Crippen molar-refractivity contribution in [3.63, 3.8) is 0 Å². The highest BCUT2D eigenvalue weighted by atomic mass is 16.1. The zero-order valence-electron chi connectivity index (χ0n) is 24.3. The highest BCUT2D eigenvalue weighted by Crippen LogP contribution is 2.44. The molecule has 0 aliphatic rings. The number of benzene rings is 7. The number of hydrogen-bond acceptors (Lipinski definition) is 2. The Kier molecular flexibility index (Phi) is 5.66. The van der Waals surface area contributed by atoms with Crippen LogP contribution in [0.3, 0.4) is 0 Å². The smallest absolute Gasteiger partial charge is 0.264 e. The Balaban J connectivity index is 1.52. The van der Waals surface area contributed by atoms with Crippen LogP contribution in [0.15, 0.2) is 163 Å². The first-order chi connectivity index (χ1) is 22.3. The molecule has 2 heterocycles. The number of aromatic nitrogens is 2. The van der Waals surface area contributed by atoms with Gasteiger partial charge in [-0.05, 0) is 57.0 Å². The van der Waals surface area contributed by atoms with Crippen LogP contribution in [0, 0.1) is 0 Å². The molecular weight excluding hydrogens is 548 g/mol. The second-order valence-corrected chi connectivity index (χ2v) is 11.5. The van der Waals surface area contributed by atoms with Crippen molar-refractivity contribution in [3.8, 4) is 44.5 Å². The minimum atomic E-state index is -0.0581. The van der Waals surface area contributed by atoms with Crippen molar-refractivity contribution < 1.29 is 0 Å². The van der Waals surface area contributed by atoms with Crippen molar-refractivity contribution in [1.29, 1.82) is 0 Å². The third kappa shape index (κ3) is 3.84. The molecule has 0 atom stereocenters. The molecule has 2 aromatic heterocycles. The first kappa shape index (κ1) is 25.4. The van der Waals surface area contributed by atoms with Gasteiger partial charge in [-0.15, -0.1) is 0 Å². The summed E-state index contributed by atoms with van der Waals surface area (Å²) in [5, 5.41) is 3.67. The maximum Gasteiger partial charge on any atom is 0.264 e. The predicted molar refractivity (Wildman–Crippen MR) is 187 cm³/mol. The second-order valence-electron chi connectivity index (χ2n) is 11.5. The van der Waals surface area contributed by atoms with Crippen LogP contribution in [0.5, 0.6) is 0 Å². The van der Waals surface area contributed by atoms with Crippen molar-refractivity contribution in [2.45, 2.75) is 0 Å². The minimum absolute atomic E-state index is 0.0581. The molecule has 9 aromatic rings. The van der Waals surface area contributed by atoms with E-state index in [4.69, 9.17) is 4.98 Å². The molecule has 0 radical (unpaired) electrons. The predicted octanol–water partition coefficient (Wildman–Crippen LogP) is 10.3. The molecule has 9 rings (SSSR count). The molecule has 0 spiro atoms. The van der Waals surface area contributed by atoms with E-state index < -0.39 is 0 Å². The van der Waals surface area contributed by atoms with E-state index in [2.05, 4.69) is 121 Å². The largest absolute Gasteiger partial charge is 0.268 e. The normalized spacial score (nSPS) is 11.6. The molecule has 0 bridgehead atoms. The van der Waals surface area contributed by atoms with Gasteiger partial charge in [-0.2, -0.15) is 0 Å². The molecule has 0 amide bonds. The lowest BCUT2D eigenvalue weighted by molar-refractivity contribution is 1.19. The van der Waals surface area contributed by atoms with E-state index >= 15 is 0 Å². The van der Waals surface area contributed by atoms with Crippen LogP contribution in [0.25, 0.3) is 82.7 Å². The van der Waals surface area contributed by atoms with Gasteiger partial charge in [0.2, 0.25) is 0 Å². The quantitative estimate of drug-likeness (QED) is 0.210. The summed E-state index contributed by atoms with van der Waals surface area (Å²) in [7, 11) is 0. The molecule has 3 nitrogen and oxygen atoms in total. The highest BCUT2D eigenvalue weighted by molar-refractivity contribution is 6.20. The lowest BCUT2D eigenvalue weighted by atomic mass is 9.89. The van der Waals surface area contributed by atoms with E-state index in [1.165, 1.54) is 0 Å². The fourth-order valence-corrected chi connectivity index (χ4v) is 6.97. The Morgan fingerprint density at radius 2 is 0.978 bits per heavy atom. The standard InChI is InChI=1S/C42H26N2O/c45-42-34-23-13-22-32-31(27-14-5-1-6-15-27)24-25-33(38(32)34)41-43-39-36(29-18-9-3-10-19-29)26-35(28-16-7-2-8-17-28)37(40(39)44(41)42)30-20-11-4-12-21-30/h1-26H. The highest BCUT2D eigenvalue weighted by Gasteiger charge is 2.25. The molecule has 3 heteroatoms. The average Bonchev–Trinajstić information content (AvgIpc) is 3.52. The van der Waals surface area contributed by atoms with Gasteiger partial charge in [0.05, 0.1) is 11.0 Å². The zero-order chi connectivity index (χ0) is 29.9. The number of rotatable bonds is 4. The van der Waals surface area contributed by atoms with Crippen LogP contribution < -0.4 is 5.56 Å². The van der Waals surface area contributed by atoms with Gasteiger partial charge in [-0.25, -0.2) is 4.98 Å². The summed E-state index contributed by atoms with van der Waals surface area (Å²) in [5.74, 6) is 0. The maximum atomic E-state index is 14.8. The summed E-state index contributed by atoms with van der Waals surface area (Å²) in [4.78, 5) is 20.2. The van der Waals surface area contributed by atoms with Gasteiger partial charge in [0, 0.05) is 27.3 Å². The number of imidazole rings is 1. The maximum absolute atomic E-state index is 14.8. The van der Waals surface area contributed by atoms with Gasteiger partial charge >= 0.3 is 0 Å². The third-order valence-electron chi connectivity index (χ3n) is 8.96. The van der Waals surface area contributed by atoms with E-state index in [1.807, 2.05) is 40.8 Å². The lowest BCUT2D eigenvalue weighted by Gasteiger charge is -2.16. The molecule has 0 fully saturated rings. The summed E-state index contributed by atoms with van der Waals surface area (Å²) < 4.78 is 1.87. The molecule has 210 valence electrons. The Bertz CT molecular complexity index is 2570. The Labute approximate surface area is 259 Å². The number of nitrogens with zero attached hydrogens (tertiary/aromatic N) is 2. The molecule has 0 saturated heterocycles. The van der Waals surface area contributed by atoms with E-state index in [-0.39, 0.29) is 5.56 Å². The summed E-state index contributed by atoms with van der Waals surface area (Å²) in [6.07, 6.45) is 0. The van der Waals surface area contributed by atoms with Crippen molar-refractivity contribution >= 4 is 38.2 Å². The van der Waals surface area contributed by atoms with Gasteiger partial charge in [0.1, 0.15) is 5.65 Å². The van der Waals surface area contributed by atoms with Crippen molar-refractivity contribution in [2.24, 2.45) is 0 Å². The lowest BCUT2D eigenvalue weighted by Crippen LogP contribution is -2.14. The van der Waals surface area contributed by atoms with Crippen LogP contribution in [-0.4, -0.2) is 9.38 Å². The van der Waals surface area contributed by atoms with E-state index in [0.29, 0.717) is 11.0 Å². The summed E-state index contributed by atoms with van der Waals surface area (Å²) >= 11 is 0.